The van der Waals surface area contributed by atoms with Crippen molar-refractivity contribution in [2.24, 2.45) is 0 Å². The third-order valence-corrected chi connectivity index (χ3v) is 2.63. The van der Waals surface area contributed by atoms with Crippen LogP contribution in [0.5, 0.6) is 0 Å². The summed E-state index contributed by atoms with van der Waals surface area (Å²) >= 11 is 2.88. The summed E-state index contributed by atoms with van der Waals surface area (Å²) in [5.74, 6) is -0.640. The first-order chi connectivity index (χ1) is 7.38. The lowest BCUT2D eigenvalue weighted by Gasteiger charge is -2.09. The molecule has 0 fully saturated rings. The number of nitrogens with zero attached hydrogens (tertiary/aromatic N) is 2. The first-order valence-electron chi connectivity index (χ1n) is 4.25. The molecule has 0 spiro atoms. The Morgan fingerprint density at radius 3 is 2.62 bits per heavy atom. The van der Waals surface area contributed by atoms with Crippen molar-refractivity contribution in [1.82, 2.24) is 9.55 Å². The third kappa shape index (κ3) is 2.04. The Kier molecular flexibility index (Phi) is 2.65. The minimum atomic E-state index is -4.37. The molecule has 1 aromatic heterocycles. The number of hydrogen-bond acceptors (Lipinski definition) is 1. The zero-order chi connectivity index (χ0) is 11.9. The topological polar surface area (TPSA) is 17.8 Å². The molecule has 0 atom stereocenters. The zero-order valence-corrected chi connectivity index (χ0v) is 9.31. The predicted octanol–water partition coefficient (Wildman–Crippen LogP) is 3.50. The maximum atomic E-state index is 13.2. The Morgan fingerprint density at radius 1 is 1.31 bits per heavy atom. The zero-order valence-electron chi connectivity index (χ0n) is 7.72. The molecule has 1 aromatic carbocycles. The first kappa shape index (κ1) is 11.4. The van der Waals surface area contributed by atoms with Crippen LogP contribution in [0.2, 0.25) is 0 Å². The van der Waals surface area contributed by atoms with Gasteiger partial charge >= 0.3 is 6.18 Å². The maximum absolute atomic E-state index is 13.2. The summed E-state index contributed by atoms with van der Waals surface area (Å²) in [5, 5.41) is 0. The van der Waals surface area contributed by atoms with Gasteiger partial charge in [-0.1, -0.05) is 6.07 Å². The van der Waals surface area contributed by atoms with Crippen LogP contribution in [0.1, 0.15) is 0 Å². The van der Waals surface area contributed by atoms with Gasteiger partial charge < -0.3 is 4.57 Å². The van der Waals surface area contributed by atoms with Gasteiger partial charge in [-0.05, 0) is 28.1 Å². The fraction of sp³-hybridized carbons (Fsp3) is 0.222. The van der Waals surface area contributed by atoms with E-state index < -0.39 is 18.5 Å². The standard InChI is InChI=1S/C9H5BrF4N2/c10-8-15-7-5(11)2-1-3-6(7)16(8)4-9(12,13)14/h1-3H,4H2. The van der Waals surface area contributed by atoms with Gasteiger partial charge in [-0.2, -0.15) is 13.2 Å². The molecule has 16 heavy (non-hydrogen) atoms. The molecular formula is C9H5BrF4N2. The Bertz CT molecular complexity index is 532. The summed E-state index contributed by atoms with van der Waals surface area (Å²) in [6.07, 6.45) is -4.37. The molecular weight excluding hydrogens is 292 g/mol. The van der Waals surface area contributed by atoms with Gasteiger partial charge in [-0.15, -0.1) is 0 Å². The monoisotopic (exact) mass is 296 g/mol. The molecule has 1 heterocycles. The average molecular weight is 297 g/mol. The smallest absolute Gasteiger partial charge is 0.309 e. The molecule has 0 radical (unpaired) electrons. The van der Waals surface area contributed by atoms with Gasteiger partial charge in [0, 0.05) is 0 Å². The van der Waals surface area contributed by atoms with Crippen LogP contribution < -0.4 is 0 Å². The van der Waals surface area contributed by atoms with E-state index in [1.54, 1.807) is 0 Å². The lowest BCUT2D eigenvalue weighted by atomic mass is 10.3. The van der Waals surface area contributed by atoms with E-state index in [0.717, 1.165) is 10.6 Å². The number of halogens is 5. The number of rotatable bonds is 1. The Labute approximate surface area is 96.0 Å². The highest BCUT2D eigenvalue weighted by atomic mass is 79.9. The fourth-order valence-corrected chi connectivity index (χ4v) is 1.91. The van der Waals surface area contributed by atoms with Crippen LogP contribution in [-0.2, 0) is 6.54 Å². The average Bonchev–Trinajstić information content (AvgIpc) is 2.44. The van der Waals surface area contributed by atoms with Crippen molar-refractivity contribution in [2.75, 3.05) is 0 Å². The second-order valence-electron chi connectivity index (χ2n) is 3.19. The summed E-state index contributed by atoms with van der Waals surface area (Å²) in [6, 6.07) is 3.89. The van der Waals surface area contributed by atoms with Crippen molar-refractivity contribution >= 4 is 27.0 Å². The van der Waals surface area contributed by atoms with E-state index in [-0.39, 0.29) is 15.8 Å². The lowest BCUT2D eigenvalue weighted by molar-refractivity contribution is -0.140. The molecule has 0 amide bonds. The van der Waals surface area contributed by atoms with Crippen LogP contribution in [0.25, 0.3) is 11.0 Å². The highest BCUT2D eigenvalue weighted by Crippen LogP contribution is 2.26. The molecule has 0 saturated heterocycles. The molecule has 7 heteroatoms. The summed E-state index contributed by atoms with van der Waals surface area (Å²) in [5.41, 5.74) is 0.0443. The molecule has 2 rings (SSSR count). The SMILES string of the molecule is Fc1cccc2c1nc(Br)n2CC(F)(F)F. The van der Waals surface area contributed by atoms with Crippen molar-refractivity contribution in [3.8, 4) is 0 Å². The highest BCUT2D eigenvalue weighted by Gasteiger charge is 2.30. The number of alkyl halides is 3. The van der Waals surface area contributed by atoms with E-state index in [2.05, 4.69) is 20.9 Å². The van der Waals surface area contributed by atoms with E-state index >= 15 is 0 Å². The maximum Gasteiger partial charge on any atom is 0.406 e. The van der Waals surface area contributed by atoms with Crippen molar-refractivity contribution < 1.29 is 17.6 Å². The van der Waals surface area contributed by atoms with Crippen molar-refractivity contribution in [3.05, 3.63) is 28.7 Å². The van der Waals surface area contributed by atoms with Crippen LogP contribution in [0.4, 0.5) is 17.6 Å². The molecule has 0 unspecified atom stereocenters. The number of para-hydroxylation sites is 1. The summed E-state index contributed by atoms with van der Waals surface area (Å²) in [7, 11) is 0. The molecule has 0 aliphatic rings. The van der Waals surface area contributed by atoms with E-state index in [1.165, 1.54) is 12.1 Å². The molecule has 0 saturated carbocycles. The molecule has 2 nitrogen and oxygen atoms in total. The summed E-state index contributed by atoms with van der Waals surface area (Å²) in [6.45, 7) is -1.20. The van der Waals surface area contributed by atoms with Crippen LogP contribution in [0.15, 0.2) is 22.9 Å². The first-order valence-corrected chi connectivity index (χ1v) is 5.05. The molecule has 0 bridgehead atoms. The van der Waals surface area contributed by atoms with E-state index in [1.807, 2.05) is 0 Å². The van der Waals surface area contributed by atoms with Crippen molar-refractivity contribution in [2.45, 2.75) is 12.7 Å². The lowest BCUT2D eigenvalue weighted by Crippen LogP contribution is -2.17. The van der Waals surface area contributed by atoms with Gasteiger partial charge in [0.2, 0.25) is 0 Å². The number of benzene rings is 1. The molecule has 0 aliphatic heterocycles. The molecule has 2 aromatic rings. The Hall–Kier alpha value is -1.11. The van der Waals surface area contributed by atoms with Crippen molar-refractivity contribution in [1.29, 1.82) is 0 Å². The minimum absolute atomic E-state index is 0.0371. The van der Waals surface area contributed by atoms with Gasteiger partial charge in [0.05, 0.1) is 5.52 Å². The molecule has 86 valence electrons. The van der Waals surface area contributed by atoms with Gasteiger partial charge in [0.25, 0.3) is 0 Å². The van der Waals surface area contributed by atoms with Gasteiger partial charge in [0.15, 0.2) is 10.6 Å². The van der Waals surface area contributed by atoms with Gasteiger partial charge in [0.1, 0.15) is 12.1 Å². The third-order valence-electron chi connectivity index (χ3n) is 2.02. The minimum Gasteiger partial charge on any atom is -0.309 e. The second-order valence-corrected chi connectivity index (χ2v) is 3.90. The Balaban J connectivity index is 2.61. The number of hydrogen-bond donors (Lipinski definition) is 0. The summed E-state index contributed by atoms with van der Waals surface area (Å²) < 4.78 is 50.9. The van der Waals surface area contributed by atoms with E-state index in [0.29, 0.717) is 0 Å². The van der Waals surface area contributed by atoms with Gasteiger partial charge in [-0.3, -0.25) is 0 Å². The second kappa shape index (κ2) is 3.73. The highest BCUT2D eigenvalue weighted by molar-refractivity contribution is 9.10. The number of imidazole rings is 1. The van der Waals surface area contributed by atoms with Crippen LogP contribution in [0, 0.1) is 5.82 Å². The molecule has 0 N–H and O–H groups in total. The van der Waals surface area contributed by atoms with Crippen LogP contribution in [0.3, 0.4) is 0 Å². The predicted molar refractivity (Wildman–Crippen MR) is 53.4 cm³/mol. The molecule has 0 aliphatic carbocycles. The van der Waals surface area contributed by atoms with Crippen LogP contribution >= 0.6 is 15.9 Å². The van der Waals surface area contributed by atoms with Crippen molar-refractivity contribution in [3.63, 3.8) is 0 Å². The number of aromatic nitrogens is 2. The van der Waals surface area contributed by atoms with Gasteiger partial charge in [-0.25, -0.2) is 9.37 Å². The van der Waals surface area contributed by atoms with E-state index in [4.69, 9.17) is 0 Å². The fourth-order valence-electron chi connectivity index (χ4n) is 1.41. The quantitative estimate of drug-likeness (QED) is 0.737. The normalized spacial score (nSPS) is 12.3. The van der Waals surface area contributed by atoms with Crippen LogP contribution in [-0.4, -0.2) is 15.7 Å². The summed E-state index contributed by atoms with van der Waals surface area (Å²) in [4.78, 5) is 3.70. The van der Waals surface area contributed by atoms with E-state index in [9.17, 15) is 17.6 Å². The number of fused-ring (bicyclic) bond motifs is 1. The Morgan fingerprint density at radius 2 is 2.00 bits per heavy atom. The largest absolute Gasteiger partial charge is 0.406 e.